The van der Waals surface area contributed by atoms with Gasteiger partial charge in [0.15, 0.2) is 0 Å². The Morgan fingerprint density at radius 3 is 2.93 bits per heavy atom. The Morgan fingerprint density at radius 1 is 1.50 bits per heavy atom. The van der Waals surface area contributed by atoms with E-state index in [0.29, 0.717) is 19.0 Å². The Labute approximate surface area is 80.8 Å². The van der Waals surface area contributed by atoms with E-state index in [-0.39, 0.29) is 11.7 Å². The largest absolute Gasteiger partial charge is 0.339 e. The van der Waals surface area contributed by atoms with Gasteiger partial charge in [-0.1, -0.05) is 5.16 Å². The molecule has 1 aliphatic rings. The second-order valence-electron chi connectivity index (χ2n) is 3.08. The molecule has 1 aromatic heterocycles. The van der Waals surface area contributed by atoms with Crippen LogP contribution in [0, 0.1) is 6.92 Å². The fraction of sp³-hybridized carbons (Fsp3) is 0.625. The number of carbonyl (C=O) groups is 1. The lowest BCUT2D eigenvalue weighted by Crippen LogP contribution is -2.36. The summed E-state index contributed by atoms with van der Waals surface area (Å²) in [6.07, 6.45) is 1.93. The highest BCUT2D eigenvalue weighted by Crippen LogP contribution is 2.09. The molecule has 76 valence electrons. The van der Waals surface area contributed by atoms with E-state index in [0.717, 1.165) is 12.8 Å². The standard InChI is InChI=1S/C8H11N3O3/c1-6-9-7(10-14-6)8(12)11-4-2-3-5-13-11/h2-5H2,1H3. The Morgan fingerprint density at radius 2 is 2.36 bits per heavy atom. The van der Waals surface area contributed by atoms with Gasteiger partial charge >= 0.3 is 5.91 Å². The van der Waals surface area contributed by atoms with Crippen LogP contribution in [0.15, 0.2) is 4.52 Å². The molecule has 6 nitrogen and oxygen atoms in total. The summed E-state index contributed by atoms with van der Waals surface area (Å²) in [6, 6.07) is 0. The van der Waals surface area contributed by atoms with Crippen LogP contribution in [0.5, 0.6) is 0 Å². The first-order valence-corrected chi connectivity index (χ1v) is 4.52. The van der Waals surface area contributed by atoms with Crippen molar-refractivity contribution in [1.82, 2.24) is 15.2 Å². The molecule has 0 aromatic carbocycles. The van der Waals surface area contributed by atoms with E-state index in [1.807, 2.05) is 0 Å². The number of amides is 1. The van der Waals surface area contributed by atoms with Gasteiger partial charge < -0.3 is 4.52 Å². The molecular weight excluding hydrogens is 186 g/mol. The average Bonchev–Trinajstić information content (AvgIpc) is 2.65. The Bertz CT molecular complexity index is 330. The number of hydroxylamine groups is 2. The number of carbonyl (C=O) groups excluding carboxylic acids is 1. The molecule has 0 radical (unpaired) electrons. The molecule has 2 rings (SSSR count). The molecule has 0 bridgehead atoms. The summed E-state index contributed by atoms with van der Waals surface area (Å²) in [4.78, 5) is 20.6. The second-order valence-corrected chi connectivity index (χ2v) is 3.08. The van der Waals surface area contributed by atoms with Gasteiger partial charge in [-0.25, -0.2) is 5.06 Å². The van der Waals surface area contributed by atoms with Crippen LogP contribution in [0.1, 0.15) is 29.4 Å². The highest BCUT2D eigenvalue weighted by atomic mass is 16.7. The van der Waals surface area contributed by atoms with Gasteiger partial charge in [0.25, 0.3) is 5.82 Å². The maximum Gasteiger partial charge on any atom is 0.318 e. The van der Waals surface area contributed by atoms with Gasteiger partial charge in [0.2, 0.25) is 5.89 Å². The van der Waals surface area contributed by atoms with Crippen LogP contribution < -0.4 is 0 Å². The summed E-state index contributed by atoms with van der Waals surface area (Å²) in [6.45, 7) is 2.80. The predicted octanol–water partition coefficient (Wildman–Crippen LogP) is 0.546. The topological polar surface area (TPSA) is 68.5 Å². The van der Waals surface area contributed by atoms with Crippen molar-refractivity contribution >= 4 is 5.91 Å². The Hall–Kier alpha value is -1.43. The van der Waals surface area contributed by atoms with E-state index >= 15 is 0 Å². The molecule has 0 spiro atoms. The van der Waals surface area contributed by atoms with Crippen LogP contribution in [0.4, 0.5) is 0 Å². The highest BCUT2D eigenvalue weighted by Gasteiger charge is 2.23. The fourth-order valence-corrected chi connectivity index (χ4v) is 1.25. The predicted molar refractivity (Wildman–Crippen MR) is 45.3 cm³/mol. The smallest absolute Gasteiger partial charge is 0.318 e. The van der Waals surface area contributed by atoms with E-state index in [1.165, 1.54) is 5.06 Å². The molecule has 1 aliphatic heterocycles. The number of aromatic nitrogens is 2. The van der Waals surface area contributed by atoms with Crippen LogP contribution in [0.2, 0.25) is 0 Å². The van der Waals surface area contributed by atoms with Crippen LogP contribution in [-0.4, -0.2) is 34.3 Å². The molecule has 1 fully saturated rings. The maximum atomic E-state index is 11.6. The summed E-state index contributed by atoms with van der Waals surface area (Å²) in [5.74, 6) is 0.108. The second kappa shape index (κ2) is 3.75. The van der Waals surface area contributed by atoms with Gasteiger partial charge in [0.1, 0.15) is 0 Å². The van der Waals surface area contributed by atoms with E-state index in [1.54, 1.807) is 6.92 Å². The van der Waals surface area contributed by atoms with Crippen LogP contribution in [0.3, 0.4) is 0 Å². The Kier molecular flexibility index (Phi) is 2.45. The summed E-state index contributed by atoms with van der Waals surface area (Å²) in [5, 5.41) is 4.82. The van der Waals surface area contributed by atoms with Crippen molar-refractivity contribution in [3.05, 3.63) is 11.7 Å². The zero-order valence-corrected chi connectivity index (χ0v) is 7.89. The van der Waals surface area contributed by atoms with Gasteiger partial charge in [-0.15, -0.1) is 0 Å². The summed E-state index contributed by atoms with van der Waals surface area (Å²) in [5.41, 5.74) is 0. The van der Waals surface area contributed by atoms with Crippen LogP contribution >= 0.6 is 0 Å². The van der Waals surface area contributed by atoms with E-state index in [4.69, 9.17) is 9.36 Å². The van der Waals surface area contributed by atoms with Crippen molar-refractivity contribution in [2.24, 2.45) is 0 Å². The summed E-state index contributed by atoms with van der Waals surface area (Å²) < 4.78 is 4.71. The van der Waals surface area contributed by atoms with Crippen LogP contribution in [-0.2, 0) is 4.84 Å². The molecule has 0 atom stereocenters. The van der Waals surface area contributed by atoms with Gasteiger partial charge in [0.05, 0.1) is 6.61 Å². The number of aryl methyl sites for hydroxylation is 1. The zero-order valence-electron chi connectivity index (χ0n) is 7.89. The molecule has 0 saturated carbocycles. The van der Waals surface area contributed by atoms with Gasteiger partial charge in [0, 0.05) is 13.5 Å². The zero-order chi connectivity index (χ0) is 9.97. The van der Waals surface area contributed by atoms with Crippen molar-refractivity contribution in [2.45, 2.75) is 19.8 Å². The van der Waals surface area contributed by atoms with Crippen molar-refractivity contribution < 1.29 is 14.2 Å². The molecule has 6 heteroatoms. The molecule has 1 saturated heterocycles. The first-order chi connectivity index (χ1) is 6.77. The molecule has 0 unspecified atom stereocenters. The lowest BCUT2D eigenvalue weighted by Gasteiger charge is -2.24. The minimum atomic E-state index is -0.332. The van der Waals surface area contributed by atoms with Crippen LogP contribution in [0.25, 0.3) is 0 Å². The Balaban J connectivity index is 2.07. The summed E-state index contributed by atoms with van der Waals surface area (Å²) in [7, 11) is 0. The van der Waals surface area contributed by atoms with Gasteiger partial charge in [-0.2, -0.15) is 4.98 Å². The quantitative estimate of drug-likeness (QED) is 0.657. The first-order valence-electron chi connectivity index (χ1n) is 4.52. The normalized spacial score (nSPS) is 17.1. The third-order valence-electron chi connectivity index (χ3n) is 1.95. The fourth-order valence-electron chi connectivity index (χ4n) is 1.25. The lowest BCUT2D eigenvalue weighted by molar-refractivity contribution is -0.144. The highest BCUT2D eigenvalue weighted by molar-refractivity contribution is 5.89. The first kappa shape index (κ1) is 9.14. The number of rotatable bonds is 1. The summed E-state index contributed by atoms with van der Waals surface area (Å²) >= 11 is 0. The minimum Gasteiger partial charge on any atom is -0.339 e. The van der Waals surface area contributed by atoms with Crippen molar-refractivity contribution in [1.29, 1.82) is 0 Å². The molecule has 14 heavy (non-hydrogen) atoms. The van der Waals surface area contributed by atoms with E-state index in [2.05, 4.69) is 10.1 Å². The molecule has 1 amide bonds. The lowest BCUT2D eigenvalue weighted by atomic mass is 10.3. The number of nitrogens with zero attached hydrogens (tertiary/aromatic N) is 3. The monoisotopic (exact) mass is 197 g/mol. The molecule has 1 aromatic rings. The third kappa shape index (κ3) is 1.74. The SMILES string of the molecule is Cc1nc(C(=O)N2CCCCO2)no1. The molecule has 0 aliphatic carbocycles. The molecular formula is C8H11N3O3. The van der Waals surface area contributed by atoms with Gasteiger partial charge in [-0.05, 0) is 12.8 Å². The molecule has 0 N–H and O–H groups in total. The van der Waals surface area contributed by atoms with Crippen molar-refractivity contribution in [3.63, 3.8) is 0 Å². The van der Waals surface area contributed by atoms with Crippen molar-refractivity contribution in [3.8, 4) is 0 Å². The number of hydrogen-bond acceptors (Lipinski definition) is 5. The number of hydrogen-bond donors (Lipinski definition) is 0. The average molecular weight is 197 g/mol. The minimum absolute atomic E-state index is 0.0596. The van der Waals surface area contributed by atoms with Crippen molar-refractivity contribution in [2.75, 3.05) is 13.2 Å². The van der Waals surface area contributed by atoms with E-state index in [9.17, 15) is 4.79 Å². The maximum absolute atomic E-state index is 11.6. The third-order valence-corrected chi connectivity index (χ3v) is 1.95. The molecule has 2 heterocycles. The van der Waals surface area contributed by atoms with E-state index < -0.39 is 0 Å². The van der Waals surface area contributed by atoms with Gasteiger partial charge in [-0.3, -0.25) is 9.63 Å².